The first-order chi connectivity index (χ1) is 10.6. The van der Waals surface area contributed by atoms with Crippen molar-refractivity contribution in [3.63, 3.8) is 0 Å². The SMILES string of the molecule is CNCc1ccc(-c2oc3c(C(N)=O)cccc3c2F)cc1.Cl. The van der Waals surface area contributed by atoms with Gasteiger partial charge in [0, 0.05) is 12.1 Å². The smallest absolute Gasteiger partial charge is 0.252 e. The molecule has 3 aromatic rings. The topological polar surface area (TPSA) is 68.3 Å². The number of hydrogen-bond donors (Lipinski definition) is 2. The van der Waals surface area contributed by atoms with E-state index in [0.717, 1.165) is 12.1 Å². The number of halogens is 2. The van der Waals surface area contributed by atoms with Gasteiger partial charge in [-0.15, -0.1) is 12.4 Å². The second kappa shape index (κ2) is 6.81. The molecule has 23 heavy (non-hydrogen) atoms. The van der Waals surface area contributed by atoms with Crippen LogP contribution < -0.4 is 11.1 Å². The van der Waals surface area contributed by atoms with Crippen molar-refractivity contribution >= 4 is 29.3 Å². The number of fused-ring (bicyclic) bond motifs is 1. The summed E-state index contributed by atoms with van der Waals surface area (Å²) >= 11 is 0. The summed E-state index contributed by atoms with van der Waals surface area (Å²) in [4.78, 5) is 11.4. The van der Waals surface area contributed by atoms with E-state index in [4.69, 9.17) is 10.2 Å². The predicted molar refractivity (Wildman–Crippen MR) is 90.1 cm³/mol. The van der Waals surface area contributed by atoms with E-state index in [9.17, 15) is 9.18 Å². The highest BCUT2D eigenvalue weighted by Crippen LogP contribution is 2.33. The van der Waals surface area contributed by atoms with Crippen molar-refractivity contribution in [2.45, 2.75) is 6.54 Å². The zero-order valence-corrected chi connectivity index (χ0v) is 13.2. The van der Waals surface area contributed by atoms with E-state index < -0.39 is 11.7 Å². The normalized spacial score (nSPS) is 10.5. The molecule has 0 saturated heterocycles. The van der Waals surface area contributed by atoms with Crippen LogP contribution in [0.1, 0.15) is 15.9 Å². The maximum Gasteiger partial charge on any atom is 0.252 e. The summed E-state index contributed by atoms with van der Waals surface area (Å²) in [6, 6.07) is 12.0. The Morgan fingerprint density at radius 2 is 1.91 bits per heavy atom. The molecule has 1 heterocycles. The van der Waals surface area contributed by atoms with Crippen LogP contribution in [0.25, 0.3) is 22.3 Å². The quantitative estimate of drug-likeness (QED) is 0.767. The number of nitrogens with one attached hydrogen (secondary N) is 1. The highest BCUT2D eigenvalue weighted by Gasteiger charge is 2.19. The van der Waals surface area contributed by atoms with E-state index in [2.05, 4.69) is 5.32 Å². The Balaban J connectivity index is 0.00000192. The van der Waals surface area contributed by atoms with Gasteiger partial charge in [-0.1, -0.05) is 30.3 Å². The summed E-state index contributed by atoms with van der Waals surface area (Å²) in [6.45, 7) is 0.731. The van der Waals surface area contributed by atoms with E-state index in [1.165, 1.54) is 6.07 Å². The molecule has 4 nitrogen and oxygen atoms in total. The lowest BCUT2D eigenvalue weighted by molar-refractivity contribution is 0.100. The summed E-state index contributed by atoms with van der Waals surface area (Å²) in [5, 5.41) is 3.30. The van der Waals surface area contributed by atoms with Gasteiger partial charge in [-0.3, -0.25) is 4.79 Å². The summed E-state index contributed by atoms with van der Waals surface area (Å²) in [7, 11) is 1.86. The fraction of sp³-hybridized carbons (Fsp3) is 0.118. The monoisotopic (exact) mass is 334 g/mol. The molecule has 0 aliphatic rings. The van der Waals surface area contributed by atoms with Crippen LogP contribution in [-0.4, -0.2) is 13.0 Å². The van der Waals surface area contributed by atoms with Gasteiger partial charge in [-0.05, 0) is 24.7 Å². The molecule has 3 N–H and O–H groups in total. The first-order valence-corrected chi connectivity index (χ1v) is 6.86. The number of furan rings is 1. The van der Waals surface area contributed by atoms with Crippen LogP contribution in [0.3, 0.4) is 0 Å². The third-order valence-corrected chi connectivity index (χ3v) is 3.52. The standard InChI is InChI=1S/C17H15FN2O2.ClH/c1-20-9-10-5-7-11(8-6-10)15-14(18)12-3-2-4-13(17(19)21)16(12)22-15;/h2-8,20H,9H2,1H3,(H2,19,21);1H. The lowest BCUT2D eigenvalue weighted by atomic mass is 10.1. The van der Waals surface area contributed by atoms with E-state index in [1.54, 1.807) is 24.3 Å². The number of hydrogen-bond acceptors (Lipinski definition) is 3. The van der Waals surface area contributed by atoms with Crippen molar-refractivity contribution in [1.29, 1.82) is 0 Å². The van der Waals surface area contributed by atoms with E-state index in [0.29, 0.717) is 5.56 Å². The Kier molecular flexibility index (Phi) is 5.03. The van der Waals surface area contributed by atoms with Crippen molar-refractivity contribution in [3.8, 4) is 11.3 Å². The largest absolute Gasteiger partial charge is 0.452 e. The number of rotatable bonds is 4. The molecule has 0 atom stereocenters. The van der Waals surface area contributed by atoms with Crippen molar-refractivity contribution in [1.82, 2.24) is 5.32 Å². The number of carbonyl (C=O) groups is 1. The lowest BCUT2D eigenvalue weighted by Gasteiger charge is -2.01. The molecule has 1 amide bonds. The Morgan fingerprint density at radius 1 is 1.22 bits per heavy atom. The predicted octanol–water partition coefficient (Wildman–Crippen LogP) is 3.48. The molecule has 0 bridgehead atoms. The van der Waals surface area contributed by atoms with E-state index in [-0.39, 0.29) is 34.7 Å². The second-order valence-electron chi connectivity index (χ2n) is 5.02. The Hall–Kier alpha value is -2.37. The Labute approximate surface area is 138 Å². The van der Waals surface area contributed by atoms with Crippen LogP contribution in [0.15, 0.2) is 46.9 Å². The lowest BCUT2D eigenvalue weighted by Crippen LogP contribution is -2.10. The second-order valence-corrected chi connectivity index (χ2v) is 5.02. The average molecular weight is 335 g/mol. The number of amides is 1. The molecule has 2 aromatic carbocycles. The van der Waals surface area contributed by atoms with Gasteiger partial charge in [0.2, 0.25) is 0 Å². The zero-order chi connectivity index (χ0) is 15.7. The number of nitrogens with two attached hydrogens (primary N) is 1. The molecule has 3 rings (SSSR count). The summed E-state index contributed by atoms with van der Waals surface area (Å²) in [5.74, 6) is -1.02. The van der Waals surface area contributed by atoms with Crippen molar-refractivity contribution < 1.29 is 13.6 Å². The molecule has 0 aliphatic carbocycles. The molecule has 0 saturated carbocycles. The van der Waals surface area contributed by atoms with Crippen molar-refractivity contribution in [2.75, 3.05) is 7.05 Å². The number of carbonyl (C=O) groups excluding carboxylic acids is 1. The number of benzene rings is 2. The van der Waals surface area contributed by atoms with Gasteiger partial charge in [-0.25, -0.2) is 4.39 Å². The molecule has 0 aliphatic heterocycles. The maximum atomic E-state index is 14.5. The van der Waals surface area contributed by atoms with Crippen molar-refractivity contribution in [3.05, 3.63) is 59.4 Å². The number of primary amides is 1. The van der Waals surface area contributed by atoms with Crippen molar-refractivity contribution in [2.24, 2.45) is 5.73 Å². The Morgan fingerprint density at radius 3 is 2.52 bits per heavy atom. The van der Waals surface area contributed by atoms with Crippen LogP contribution in [0.4, 0.5) is 4.39 Å². The minimum Gasteiger partial charge on any atom is -0.452 e. The molecular weight excluding hydrogens is 319 g/mol. The van der Waals surface area contributed by atoms with Gasteiger partial charge >= 0.3 is 0 Å². The van der Waals surface area contributed by atoms with Gasteiger partial charge in [0.05, 0.1) is 10.9 Å². The number of para-hydroxylation sites is 1. The van der Waals surface area contributed by atoms with Gasteiger partial charge in [0.15, 0.2) is 17.2 Å². The summed E-state index contributed by atoms with van der Waals surface area (Å²) in [5.41, 5.74) is 7.36. The Bertz CT molecular complexity index is 844. The first-order valence-electron chi connectivity index (χ1n) is 6.86. The van der Waals surface area contributed by atoms with Crippen LogP contribution in [0.2, 0.25) is 0 Å². The third kappa shape index (κ3) is 3.06. The molecule has 0 unspecified atom stereocenters. The van der Waals surface area contributed by atoms with Gasteiger partial charge < -0.3 is 15.5 Å². The molecule has 0 radical (unpaired) electrons. The van der Waals surface area contributed by atoms with Gasteiger partial charge in [0.25, 0.3) is 5.91 Å². The zero-order valence-electron chi connectivity index (χ0n) is 12.4. The van der Waals surface area contributed by atoms with E-state index >= 15 is 0 Å². The third-order valence-electron chi connectivity index (χ3n) is 3.52. The van der Waals surface area contributed by atoms with Gasteiger partial charge in [-0.2, -0.15) is 0 Å². The van der Waals surface area contributed by atoms with Crippen LogP contribution >= 0.6 is 12.4 Å². The first kappa shape index (κ1) is 17.0. The molecule has 1 aromatic heterocycles. The highest BCUT2D eigenvalue weighted by molar-refractivity contribution is 6.05. The average Bonchev–Trinajstić information content (AvgIpc) is 2.85. The molecular formula is C17H16ClFN2O2. The maximum absolute atomic E-state index is 14.5. The molecule has 0 fully saturated rings. The van der Waals surface area contributed by atoms with E-state index in [1.807, 2.05) is 19.2 Å². The van der Waals surface area contributed by atoms with Crippen LogP contribution in [0.5, 0.6) is 0 Å². The van der Waals surface area contributed by atoms with Crippen LogP contribution in [0, 0.1) is 5.82 Å². The molecule has 120 valence electrons. The minimum atomic E-state index is -0.643. The fourth-order valence-corrected chi connectivity index (χ4v) is 2.45. The summed E-state index contributed by atoms with van der Waals surface area (Å²) < 4.78 is 20.1. The fourth-order valence-electron chi connectivity index (χ4n) is 2.45. The van der Waals surface area contributed by atoms with Crippen LogP contribution in [-0.2, 0) is 6.54 Å². The molecule has 6 heteroatoms. The molecule has 0 spiro atoms. The van der Waals surface area contributed by atoms with Gasteiger partial charge in [0.1, 0.15) is 0 Å². The highest BCUT2D eigenvalue weighted by atomic mass is 35.5. The minimum absolute atomic E-state index is 0. The summed E-state index contributed by atoms with van der Waals surface area (Å²) in [6.07, 6.45) is 0.